The highest BCUT2D eigenvalue weighted by Gasteiger charge is 2.15. The Labute approximate surface area is 156 Å². The summed E-state index contributed by atoms with van der Waals surface area (Å²) in [6, 6.07) is 15.4. The molecular formula is C21H19N5O. The van der Waals surface area contributed by atoms with Gasteiger partial charge in [-0.1, -0.05) is 30.3 Å². The molecule has 0 radical (unpaired) electrons. The van der Waals surface area contributed by atoms with Crippen molar-refractivity contribution in [3.8, 4) is 11.3 Å². The fourth-order valence-electron chi connectivity index (χ4n) is 3.60. The first kappa shape index (κ1) is 15.8. The first-order valence-corrected chi connectivity index (χ1v) is 9.19. The number of aromatic amines is 1. The minimum absolute atomic E-state index is 0.224. The van der Waals surface area contributed by atoms with Gasteiger partial charge in [-0.15, -0.1) is 0 Å². The molecule has 0 aliphatic carbocycles. The van der Waals surface area contributed by atoms with Gasteiger partial charge in [0.25, 0.3) is 5.91 Å². The number of nitrogens with one attached hydrogen (secondary N) is 2. The van der Waals surface area contributed by atoms with Crippen LogP contribution < -0.4 is 5.32 Å². The average molecular weight is 357 g/mol. The van der Waals surface area contributed by atoms with Crippen LogP contribution in [0.25, 0.3) is 22.2 Å². The zero-order valence-corrected chi connectivity index (χ0v) is 14.8. The van der Waals surface area contributed by atoms with Crippen LogP contribution in [0.15, 0.2) is 54.7 Å². The molecule has 5 rings (SSSR count). The monoisotopic (exact) mass is 357 g/mol. The number of anilines is 1. The van der Waals surface area contributed by atoms with Gasteiger partial charge in [-0.05, 0) is 31.0 Å². The van der Waals surface area contributed by atoms with Crippen LogP contribution in [0.4, 0.5) is 5.69 Å². The van der Waals surface area contributed by atoms with Crippen molar-refractivity contribution in [2.24, 2.45) is 0 Å². The predicted octanol–water partition coefficient (Wildman–Crippen LogP) is 4.02. The zero-order chi connectivity index (χ0) is 18.2. The number of imidazole rings is 1. The Morgan fingerprint density at radius 2 is 1.93 bits per heavy atom. The summed E-state index contributed by atoms with van der Waals surface area (Å²) in [6.07, 6.45) is 5.60. The Hall–Kier alpha value is -3.41. The first-order chi connectivity index (χ1) is 13.3. The minimum Gasteiger partial charge on any atom is -0.334 e. The highest BCUT2D eigenvalue weighted by atomic mass is 16.1. The van der Waals surface area contributed by atoms with Crippen LogP contribution in [0, 0.1) is 0 Å². The number of benzene rings is 2. The van der Waals surface area contributed by atoms with Crippen molar-refractivity contribution in [1.29, 1.82) is 0 Å². The van der Waals surface area contributed by atoms with E-state index in [0.29, 0.717) is 5.69 Å². The molecule has 2 aromatic heterocycles. The average Bonchev–Trinajstić information content (AvgIpc) is 3.33. The van der Waals surface area contributed by atoms with Crippen LogP contribution in [0.2, 0.25) is 0 Å². The number of para-hydroxylation sites is 1. The van der Waals surface area contributed by atoms with Crippen LogP contribution in [0.5, 0.6) is 0 Å². The van der Waals surface area contributed by atoms with E-state index >= 15 is 0 Å². The summed E-state index contributed by atoms with van der Waals surface area (Å²) in [7, 11) is 0. The molecule has 3 heterocycles. The van der Waals surface area contributed by atoms with E-state index in [2.05, 4.69) is 26.3 Å². The van der Waals surface area contributed by atoms with E-state index in [4.69, 9.17) is 4.98 Å². The molecule has 0 saturated heterocycles. The summed E-state index contributed by atoms with van der Waals surface area (Å²) in [5.74, 6) is 0.941. The minimum atomic E-state index is -0.224. The standard InChI is InChI=1S/C21H19N5O/c27-21(20-16-5-1-2-6-17(16)24-25-20)22-15-10-8-14(9-11-15)18-13-26-12-4-3-7-19(26)23-18/h1-2,5-6,8-11,13H,3-4,7,12H2,(H,22,27)(H,24,25). The van der Waals surface area contributed by atoms with Gasteiger partial charge in [0.1, 0.15) is 5.82 Å². The molecule has 2 N–H and O–H groups in total. The number of fused-ring (bicyclic) bond motifs is 2. The lowest BCUT2D eigenvalue weighted by Gasteiger charge is -2.11. The second-order valence-electron chi connectivity index (χ2n) is 6.84. The van der Waals surface area contributed by atoms with Crippen molar-refractivity contribution in [3.05, 3.63) is 66.2 Å². The Balaban J connectivity index is 1.36. The number of hydrogen-bond donors (Lipinski definition) is 2. The van der Waals surface area contributed by atoms with Crippen molar-refractivity contribution in [2.75, 3.05) is 5.32 Å². The third kappa shape index (κ3) is 2.89. The van der Waals surface area contributed by atoms with Crippen molar-refractivity contribution in [2.45, 2.75) is 25.8 Å². The number of H-pyrrole nitrogens is 1. The molecule has 0 atom stereocenters. The highest BCUT2D eigenvalue weighted by Crippen LogP contribution is 2.24. The SMILES string of the molecule is O=C(Nc1ccc(-c2cn3c(n2)CCCC3)cc1)c1n[nH]c2ccccc12. The van der Waals surface area contributed by atoms with E-state index in [1.807, 2.05) is 48.5 Å². The molecule has 0 unspecified atom stereocenters. The number of carbonyl (C=O) groups excluding carboxylic acids is 1. The molecule has 0 spiro atoms. The molecule has 1 aliphatic rings. The molecule has 0 bridgehead atoms. The molecule has 27 heavy (non-hydrogen) atoms. The Kier molecular flexibility index (Phi) is 3.74. The summed E-state index contributed by atoms with van der Waals surface area (Å²) in [6.45, 7) is 1.05. The molecule has 6 heteroatoms. The fraction of sp³-hybridized carbons (Fsp3) is 0.190. The van der Waals surface area contributed by atoms with Crippen molar-refractivity contribution < 1.29 is 4.79 Å². The number of aryl methyl sites for hydroxylation is 2. The van der Waals surface area contributed by atoms with E-state index in [1.54, 1.807) is 0 Å². The second-order valence-corrected chi connectivity index (χ2v) is 6.84. The third-order valence-corrected chi connectivity index (χ3v) is 5.03. The van der Waals surface area contributed by atoms with Crippen LogP contribution in [-0.4, -0.2) is 25.7 Å². The molecule has 134 valence electrons. The number of rotatable bonds is 3. The lowest BCUT2D eigenvalue weighted by molar-refractivity contribution is 0.102. The van der Waals surface area contributed by atoms with Crippen molar-refractivity contribution in [3.63, 3.8) is 0 Å². The van der Waals surface area contributed by atoms with Gasteiger partial charge in [-0.2, -0.15) is 5.10 Å². The van der Waals surface area contributed by atoms with Gasteiger partial charge in [0.2, 0.25) is 0 Å². The van der Waals surface area contributed by atoms with Gasteiger partial charge in [0.15, 0.2) is 5.69 Å². The number of carbonyl (C=O) groups is 1. The summed E-state index contributed by atoms with van der Waals surface area (Å²) < 4.78 is 2.25. The smallest absolute Gasteiger partial charge is 0.276 e. The van der Waals surface area contributed by atoms with Gasteiger partial charge < -0.3 is 9.88 Å². The van der Waals surface area contributed by atoms with Crippen molar-refractivity contribution >= 4 is 22.5 Å². The van der Waals surface area contributed by atoms with Crippen molar-refractivity contribution in [1.82, 2.24) is 19.7 Å². The van der Waals surface area contributed by atoms with Crippen LogP contribution in [0.1, 0.15) is 29.2 Å². The van der Waals surface area contributed by atoms with E-state index < -0.39 is 0 Å². The molecule has 0 saturated carbocycles. The highest BCUT2D eigenvalue weighted by molar-refractivity contribution is 6.11. The van der Waals surface area contributed by atoms with Crippen LogP contribution in [0.3, 0.4) is 0 Å². The first-order valence-electron chi connectivity index (χ1n) is 9.19. The lowest BCUT2D eigenvalue weighted by atomic mass is 10.1. The van der Waals surface area contributed by atoms with Gasteiger partial charge in [0, 0.05) is 35.8 Å². The summed E-state index contributed by atoms with van der Waals surface area (Å²) in [5.41, 5.74) is 4.03. The Bertz CT molecular complexity index is 1100. The van der Waals surface area contributed by atoms with Gasteiger partial charge in [0.05, 0.1) is 11.2 Å². The molecule has 1 amide bonds. The maximum atomic E-state index is 12.6. The van der Waals surface area contributed by atoms with E-state index in [9.17, 15) is 4.79 Å². The van der Waals surface area contributed by atoms with E-state index in [0.717, 1.165) is 40.8 Å². The van der Waals surface area contributed by atoms with Gasteiger partial charge in [-0.25, -0.2) is 4.98 Å². The predicted molar refractivity (Wildman–Crippen MR) is 105 cm³/mol. The third-order valence-electron chi connectivity index (χ3n) is 5.03. The van der Waals surface area contributed by atoms with Gasteiger partial charge in [-0.3, -0.25) is 9.89 Å². The number of hydrogen-bond acceptors (Lipinski definition) is 3. The summed E-state index contributed by atoms with van der Waals surface area (Å²) >= 11 is 0. The fourth-order valence-corrected chi connectivity index (χ4v) is 3.60. The second kappa shape index (κ2) is 6.39. The largest absolute Gasteiger partial charge is 0.334 e. The van der Waals surface area contributed by atoms with Crippen LogP contribution >= 0.6 is 0 Å². The normalized spacial score (nSPS) is 13.5. The van der Waals surface area contributed by atoms with E-state index in [1.165, 1.54) is 18.7 Å². The topological polar surface area (TPSA) is 75.6 Å². The van der Waals surface area contributed by atoms with Crippen LogP contribution in [-0.2, 0) is 13.0 Å². The molecule has 6 nitrogen and oxygen atoms in total. The lowest BCUT2D eigenvalue weighted by Crippen LogP contribution is -2.12. The maximum absolute atomic E-state index is 12.6. The van der Waals surface area contributed by atoms with E-state index in [-0.39, 0.29) is 5.91 Å². The summed E-state index contributed by atoms with van der Waals surface area (Å²) in [5, 5.41) is 10.8. The summed E-state index contributed by atoms with van der Waals surface area (Å²) in [4.78, 5) is 17.3. The molecule has 1 aliphatic heterocycles. The number of nitrogens with zero attached hydrogens (tertiary/aromatic N) is 3. The zero-order valence-electron chi connectivity index (χ0n) is 14.8. The Morgan fingerprint density at radius 3 is 2.78 bits per heavy atom. The maximum Gasteiger partial charge on any atom is 0.276 e. The molecule has 0 fully saturated rings. The quantitative estimate of drug-likeness (QED) is 0.581. The molecule has 2 aromatic carbocycles. The molecule has 4 aromatic rings. The number of amides is 1. The number of aromatic nitrogens is 4. The molecular weight excluding hydrogens is 338 g/mol. The van der Waals surface area contributed by atoms with Gasteiger partial charge >= 0.3 is 0 Å². The Morgan fingerprint density at radius 1 is 1.07 bits per heavy atom.